The van der Waals surface area contributed by atoms with Crippen molar-refractivity contribution >= 4 is 23.3 Å². The van der Waals surface area contributed by atoms with E-state index in [0.717, 1.165) is 17.0 Å². The van der Waals surface area contributed by atoms with Gasteiger partial charge in [0, 0.05) is 23.0 Å². The molecule has 0 aromatic heterocycles. The van der Waals surface area contributed by atoms with Crippen molar-refractivity contribution in [3.8, 4) is 0 Å². The molecule has 0 spiro atoms. The van der Waals surface area contributed by atoms with Gasteiger partial charge < -0.3 is 0 Å². The average Bonchev–Trinajstić information content (AvgIpc) is 2.63. The standard InChI is InChI=1S/C21H26F3NO3S/c1-4-17(25-28-5-2)20-18(26)11-14(12-19(20)27)10-13(3)29-16-8-6-15(7-9-16)21(22,23)24/h6-9,13-14,25H,4-5,10-12H2,1-3H3. The van der Waals surface area contributed by atoms with Gasteiger partial charge >= 0.3 is 6.18 Å². The van der Waals surface area contributed by atoms with E-state index in [1.165, 1.54) is 23.9 Å². The summed E-state index contributed by atoms with van der Waals surface area (Å²) in [4.78, 5) is 31.0. The molecule has 0 radical (unpaired) electrons. The number of benzene rings is 1. The van der Waals surface area contributed by atoms with Crippen LogP contribution in [0.15, 0.2) is 40.4 Å². The minimum atomic E-state index is -4.35. The van der Waals surface area contributed by atoms with Crippen LogP contribution in [-0.2, 0) is 20.6 Å². The SMILES string of the molecule is CCONC(CC)=C1C(=O)CC(CC(C)Sc2ccc(C(F)(F)F)cc2)CC1=O. The Bertz CT molecular complexity index is 739. The molecule has 0 saturated heterocycles. The minimum absolute atomic E-state index is 0.0649. The van der Waals surface area contributed by atoms with Gasteiger partial charge in [0.05, 0.1) is 23.4 Å². The molecule has 1 N–H and O–H groups in total. The topological polar surface area (TPSA) is 55.4 Å². The molecule has 160 valence electrons. The predicted octanol–water partition coefficient (Wildman–Crippen LogP) is 5.33. The molecular formula is C21H26F3NO3S. The number of thioether (sulfide) groups is 1. The smallest absolute Gasteiger partial charge is 0.294 e. The number of allylic oxidation sites excluding steroid dienone is 2. The Labute approximate surface area is 173 Å². The van der Waals surface area contributed by atoms with Gasteiger partial charge in [0.1, 0.15) is 0 Å². The molecular weight excluding hydrogens is 403 g/mol. The van der Waals surface area contributed by atoms with Crippen molar-refractivity contribution in [2.45, 2.75) is 62.8 Å². The normalized spacial score (nSPS) is 18.7. The van der Waals surface area contributed by atoms with Crippen LogP contribution >= 0.6 is 11.8 Å². The van der Waals surface area contributed by atoms with Crippen molar-refractivity contribution < 1.29 is 27.6 Å². The molecule has 8 heteroatoms. The highest BCUT2D eigenvalue weighted by Crippen LogP contribution is 2.35. The van der Waals surface area contributed by atoms with Gasteiger partial charge in [0.15, 0.2) is 11.6 Å². The lowest BCUT2D eigenvalue weighted by molar-refractivity contribution is -0.137. The van der Waals surface area contributed by atoms with E-state index in [4.69, 9.17) is 4.84 Å². The van der Waals surface area contributed by atoms with Crippen LogP contribution in [0.3, 0.4) is 0 Å². The zero-order valence-electron chi connectivity index (χ0n) is 16.8. The number of rotatable bonds is 8. The third-order valence-electron chi connectivity index (χ3n) is 4.69. The van der Waals surface area contributed by atoms with Crippen molar-refractivity contribution in [3.05, 3.63) is 41.1 Å². The van der Waals surface area contributed by atoms with Crippen molar-refractivity contribution in [2.75, 3.05) is 6.61 Å². The fourth-order valence-corrected chi connectivity index (χ4v) is 4.52. The lowest BCUT2D eigenvalue weighted by Gasteiger charge is -2.26. The van der Waals surface area contributed by atoms with E-state index in [2.05, 4.69) is 5.48 Å². The summed E-state index contributed by atoms with van der Waals surface area (Å²) in [6.45, 7) is 6.03. The molecule has 1 aliphatic carbocycles. The van der Waals surface area contributed by atoms with Gasteiger partial charge in [-0.2, -0.15) is 13.2 Å². The predicted molar refractivity (Wildman–Crippen MR) is 106 cm³/mol. The number of alkyl halides is 3. The van der Waals surface area contributed by atoms with Crippen molar-refractivity contribution in [3.63, 3.8) is 0 Å². The minimum Gasteiger partial charge on any atom is -0.294 e. The van der Waals surface area contributed by atoms with E-state index in [1.807, 2.05) is 13.8 Å². The maximum absolute atomic E-state index is 12.7. The maximum atomic E-state index is 12.7. The van der Waals surface area contributed by atoms with E-state index in [0.29, 0.717) is 25.1 Å². The van der Waals surface area contributed by atoms with Gasteiger partial charge in [-0.05, 0) is 49.9 Å². The van der Waals surface area contributed by atoms with Crippen molar-refractivity contribution in [1.29, 1.82) is 0 Å². The second kappa shape index (κ2) is 10.3. The second-order valence-electron chi connectivity index (χ2n) is 7.05. The summed E-state index contributed by atoms with van der Waals surface area (Å²) in [6, 6.07) is 5.04. The Kier molecular flexibility index (Phi) is 8.34. The first-order valence-corrected chi connectivity index (χ1v) is 10.5. The molecule has 0 bridgehead atoms. The molecule has 4 nitrogen and oxygen atoms in total. The van der Waals surface area contributed by atoms with Crippen LogP contribution in [0.5, 0.6) is 0 Å². The zero-order chi connectivity index (χ0) is 21.6. The Balaban J connectivity index is 1.97. The number of carbonyl (C=O) groups is 2. The summed E-state index contributed by atoms with van der Waals surface area (Å²) < 4.78 is 38.0. The molecule has 1 fully saturated rings. The van der Waals surface area contributed by atoms with Crippen LogP contribution in [0, 0.1) is 5.92 Å². The van der Waals surface area contributed by atoms with E-state index >= 15 is 0 Å². The van der Waals surface area contributed by atoms with Crippen LogP contribution in [-0.4, -0.2) is 23.4 Å². The molecule has 1 unspecified atom stereocenters. The van der Waals surface area contributed by atoms with Gasteiger partial charge in [-0.15, -0.1) is 11.8 Å². The fraction of sp³-hybridized carbons (Fsp3) is 0.524. The highest BCUT2D eigenvalue weighted by molar-refractivity contribution is 7.99. The number of Topliss-reactive ketones (excluding diaryl/α,β-unsaturated/α-hetero) is 2. The van der Waals surface area contributed by atoms with E-state index in [-0.39, 0.29) is 41.1 Å². The number of ketones is 2. The van der Waals surface area contributed by atoms with Gasteiger partial charge in [0.25, 0.3) is 0 Å². The quantitative estimate of drug-likeness (QED) is 0.262. The van der Waals surface area contributed by atoms with Crippen LogP contribution < -0.4 is 5.48 Å². The average molecular weight is 430 g/mol. The van der Waals surface area contributed by atoms with Crippen LogP contribution in [0.2, 0.25) is 0 Å². The highest BCUT2D eigenvalue weighted by Gasteiger charge is 2.33. The Morgan fingerprint density at radius 2 is 1.76 bits per heavy atom. The maximum Gasteiger partial charge on any atom is 0.416 e. The molecule has 1 saturated carbocycles. The largest absolute Gasteiger partial charge is 0.416 e. The first-order chi connectivity index (χ1) is 13.7. The molecule has 29 heavy (non-hydrogen) atoms. The molecule has 1 aromatic rings. The molecule has 0 heterocycles. The fourth-order valence-electron chi connectivity index (χ4n) is 3.39. The Morgan fingerprint density at radius 1 is 1.17 bits per heavy atom. The number of hydrogen-bond acceptors (Lipinski definition) is 5. The zero-order valence-corrected chi connectivity index (χ0v) is 17.6. The molecule has 1 aliphatic rings. The van der Waals surface area contributed by atoms with E-state index in [1.54, 1.807) is 6.92 Å². The highest BCUT2D eigenvalue weighted by atomic mass is 32.2. The van der Waals surface area contributed by atoms with E-state index < -0.39 is 11.7 Å². The Morgan fingerprint density at radius 3 is 2.24 bits per heavy atom. The van der Waals surface area contributed by atoms with Crippen molar-refractivity contribution in [2.24, 2.45) is 5.92 Å². The second-order valence-corrected chi connectivity index (χ2v) is 8.56. The number of carbonyl (C=O) groups excluding carboxylic acids is 2. The summed E-state index contributed by atoms with van der Waals surface area (Å²) >= 11 is 1.45. The van der Waals surface area contributed by atoms with Crippen LogP contribution in [0.4, 0.5) is 13.2 Å². The molecule has 2 rings (SSSR count). The van der Waals surface area contributed by atoms with Gasteiger partial charge in [-0.1, -0.05) is 13.8 Å². The van der Waals surface area contributed by atoms with Gasteiger partial charge in [-0.25, -0.2) is 0 Å². The van der Waals surface area contributed by atoms with E-state index in [9.17, 15) is 22.8 Å². The third-order valence-corrected chi connectivity index (χ3v) is 5.82. The first-order valence-electron chi connectivity index (χ1n) is 9.66. The molecule has 0 aliphatic heterocycles. The number of hydroxylamine groups is 1. The van der Waals surface area contributed by atoms with Crippen molar-refractivity contribution in [1.82, 2.24) is 5.48 Å². The van der Waals surface area contributed by atoms with Crippen LogP contribution in [0.1, 0.15) is 52.0 Å². The summed E-state index contributed by atoms with van der Waals surface area (Å²) in [7, 11) is 0. The Hall–Kier alpha value is -1.80. The summed E-state index contributed by atoms with van der Waals surface area (Å²) in [5.41, 5.74) is 2.76. The lowest BCUT2D eigenvalue weighted by atomic mass is 9.80. The lowest BCUT2D eigenvalue weighted by Crippen LogP contribution is -2.31. The molecule has 1 aromatic carbocycles. The summed E-state index contributed by atoms with van der Waals surface area (Å²) in [5, 5.41) is 0.0649. The number of nitrogens with one attached hydrogen (secondary N) is 1. The van der Waals surface area contributed by atoms with Gasteiger partial charge in [-0.3, -0.25) is 19.9 Å². The number of hydrogen-bond donors (Lipinski definition) is 1. The summed E-state index contributed by atoms with van der Waals surface area (Å²) in [6.07, 6.45) is -2.64. The van der Waals surface area contributed by atoms with Gasteiger partial charge in [0.2, 0.25) is 0 Å². The summed E-state index contributed by atoms with van der Waals surface area (Å²) in [5.74, 6) is -0.426. The third kappa shape index (κ3) is 6.60. The first kappa shape index (κ1) is 23.5. The van der Waals surface area contributed by atoms with Crippen LogP contribution in [0.25, 0.3) is 0 Å². The monoisotopic (exact) mass is 429 g/mol. The molecule has 1 atom stereocenters. The molecule has 0 amide bonds. The number of halogens is 3.